The molecule has 0 aliphatic rings. The molecule has 1 aromatic heterocycles. The number of nitrogens with one attached hydrogen (secondary N) is 2. The lowest BCUT2D eigenvalue weighted by molar-refractivity contribution is 0.102. The van der Waals surface area contributed by atoms with Crippen LogP contribution in [-0.4, -0.2) is 48.2 Å². The van der Waals surface area contributed by atoms with Crippen molar-refractivity contribution in [2.24, 2.45) is 0 Å². The zero-order valence-electron chi connectivity index (χ0n) is 16.4. The molecule has 0 saturated carbocycles. The molecule has 2 N–H and O–H groups in total. The van der Waals surface area contributed by atoms with Gasteiger partial charge < -0.3 is 10.1 Å². The van der Waals surface area contributed by atoms with Gasteiger partial charge >= 0.3 is 0 Å². The van der Waals surface area contributed by atoms with E-state index in [-0.39, 0.29) is 28.6 Å². The Labute approximate surface area is 183 Å². The number of hydrogen-bond donors (Lipinski definition) is 2. The molecule has 12 heteroatoms. The Kier molecular flexibility index (Phi) is 7.00. The van der Waals surface area contributed by atoms with Crippen LogP contribution in [0, 0.1) is 0 Å². The van der Waals surface area contributed by atoms with Gasteiger partial charge in [-0.15, -0.1) is 11.7 Å². The van der Waals surface area contributed by atoms with E-state index in [2.05, 4.69) is 32.1 Å². The fraction of sp³-hybridized carbons (Fsp3) is 0.158. The molecule has 0 spiro atoms. The monoisotopic (exact) mass is 462 g/mol. The van der Waals surface area contributed by atoms with Gasteiger partial charge in [0.1, 0.15) is 12.1 Å². The maximum atomic E-state index is 12.8. The number of methoxy groups -OCH3 is 1. The van der Waals surface area contributed by atoms with Crippen LogP contribution in [0.5, 0.6) is 5.75 Å². The third-order valence-corrected chi connectivity index (χ3v) is 5.75. The Morgan fingerprint density at radius 2 is 2.03 bits per heavy atom. The van der Waals surface area contributed by atoms with E-state index in [1.807, 2.05) is 0 Å². The van der Waals surface area contributed by atoms with E-state index in [0.717, 1.165) is 0 Å². The number of carbonyl (C=O) groups is 1. The second-order valence-electron chi connectivity index (χ2n) is 6.31. The zero-order chi connectivity index (χ0) is 22.4. The van der Waals surface area contributed by atoms with Gasteiger partial charge in [0.2, 0.25) is 10.0 Å². The first kappa shape index (κ1) is 22.4. The van der Waals surface area contributed by atoms with Crippen LogP contribution in [0.25, 0.3) is 5.69 Å². The van der Waals surface area contributed by atoms with Crippen molar-refractivity contribution in [3.63, 3.8) is 0 Å². The molecule has 10 nitrogen and oxygen atoms in total. The molecule has 2 aromatic carbocycles. The van der Waals surface area contributed by atoms with Crippen LogP contribution >= 0.6 is 11.6 Å². The normalized spacial score (nSPS) is 11.2. The van der Waals surface area contributed by atoms with E-state index in [1.165, 1.54) is 30.3 Å². The smallest absolute Gasteiger partial charge is 0.259 e. The van der Waals surface area contributed by atoms with Crippen LogP contribution in [0.4, 0.5) is 5.69 Å². The SMILES string of the molecule is C=CCNS(=O)(=O)Cc1ccc(NC(=O)c2cc(Cl)c(-n3cnnn3)cc2OC)cc1. The lowest BCUT2D eigenvalue weighted by atomic mass is 10.1. The first-order valence-electron chi connectivity index (χ1n) is 8.92. The summed E-state index contributed by atoms with van der Waals surface area (Å²) in [5.74, 6) is -0.352. The summed E-state index contributed by atoms with van der Waals surface area (Å²) in [7, 11) is -2.04. The Balaban J connectivity index is 1.75. The Hall–Kier alpha value is -3.28. The zero-order valence-corrected chi connectivity index (χ0v) is 18.0. The topological polar surface area (TPSA) is 128 Å². The molecule has 0 aliphatic heterocycles. The standard InChI is InChI=1S/C19H19ClN6O4S/c1-3-8-22-31(28,29)11-13-4-6-14(7-5-13)23-19(27)15-9-16(20)17(10-18(15)30-2)26-12-21-24-25-26/h3-7,9-10,12,22H,1,8,11H2,2H3,(H,23,27). The Bertz CT molecular complexity index is 1180. The molecule has 0 fully saturated rings. The number of aromatic nitrogens is 4. The van der Waals surface area contributed by atoms with E-state index in [0.29, 0.717) is 16.9 Å². The van der Waals surface area contributed by atoms with E-state index in [9.17, 15) is 13.2 Å². The molecule has 3 rings (SSSR count). The predicted octanol–water partition coefficient (Wildman–Crippen LogP) is 2.18. The van der Waals surface area contributed by atoms with Crippen LogP contribution < -0.4 is 14.8 Å². The van der Waals surface area contributed by atoms with E-state index >= 15 is 0 Å². The number of carbonyl (C=O) groups excluding carboxylic acids is 1. The summed E-state index contributed by atoms with van der Waals surface area (Å²) in [6, 6.07) is 9.47. The fourth-order valence-corrected chi connectivity index (χ4v) is 4.03. The number of ether oxygens (including phenoxy) is 1. The van der Waals surface area contributed by atoms with Crippen molar-refractivity contribution in [3.8, 4) is 11.4 Å². The first-order chi connectivity index (χ1) is 14.8. The summed E-state index contributed by atoms with van der Waals surface area (Å²) in [5.41, 5.74) is 1.72. The minimum Gasteiger partial charge on any atom is -0.496 e. The maximum absolute atomic E-state index is 12.8. The quantitative estimate of drug-likeness (QED) is 0.466. The predicted molar refractivity (Wildman–Crippen MR) is 116 cm³/mol. The minimum absolute atomic E-state index is 0.160. The highest BCUT2D eigenvalue weighted by molar-refractivity contribution is 7.88. The fourth-order valence-electron chi connectivity index (χ4n) is 2.68. The number of anilines is 1. The summed E-state index contributed by atoms with van der Waals surface area (Å²) in [6.07, 6.45) is 2.83. The van der Waals surface area contributed by atoms with Crippen LogP contribution in [0.1, 0.15) is 15.9 Å². The number of tetrazole rings is 1. The molecule has 3 aromatic rings. The second kappa shape index (κ2) is 9.69. The lowest BCUT2D eigenvalue weighted by Gasteiger charge is -2.13. The average Bonchev–Trinajstić information content (AvgIpc) is 3.28. The van der Waals surface area contributed by atoms with Crippen molar-refractivity contribution in [1.29, 1.82) is 0 Å². The number of benzene rings is 2. The molecular formula is C19H19ClN6O4S. The molecule has 0 atom stereocenters. The molecule has 0 radical (unpaired) electrons. The molecule has 31 heavy (non-hydrogen) atoms. The van der Waals surface area contributed by atoms with Gasteiger partial charge in [0.05, 0.1) is 29.1 Å². The highest BCUT2D eigenvalue weighted by Crippen LogP contribution is 2.30. The average molecular weight is 463 g/mol. The number of hydrogen-bond acceptors (Lipinski definition) is 7. The maximum Gasteiger partial charge on any atom is 0.259 e. The molecule has 1 amide bonds. The van der Waals surface area contributed by atoms with E-state index in [1.54, 1.807) is 30.3 Å². The van der Waals surface area contributed by atoms with Crippen LogP contribution in [0.15, 0.2) is 55.4 Å². The molecule has 0 unspecified atom stereocenters. The van der Waals surface area contributed by atoms with Crippen LogP contribution in [0.2, 0.25) is 5.02 Å². The van der Waals surface area contributed by atoms with Gasteiger partial charge in [0, 0.05) is 18.3 Å². The molecule has 0 aliphatic carbocycles. The van der Waals surface area contributed by atoms with Crippen molar-refractivity contribution in [1.82, 2.24) is 24.9 Å². The minimum atomic E-state index is -3.47. The van der Waals surface area contributed by atoms with Crippen LogP contribution in [0.3, 0.4) is 0 Å². The highest BCUT2D eigenvalue weighted by Gasteiger charge is 2.18. The molecule has 0 saturated heterocycles. The third-order valence-electron chi connectivity index (χ3n) is 4.13. The molecule has 0 bridgehead atoms. The van der Waals surface area contributed by atoms with Crippen molar-refractivity contribution >= 4 is 33.2 Å². The van der Waals surface area contributed by atoms with E-state index < -0.39 is 15.9 Å². The highest BCUT2D eigenvalue weighted by atomic mass is 35.5. The number of amides is 1. The van der Waals surface area contributed by atoms with Crippen molar-refractivity contribution in [2.75, 3.05) is 19.0 Å². The summed E-state index contributed by atoms with van der Waals surface area (Å²) < 4.78 is 33.0. The van der Waals surface area contributed by atoms with Gasteiger partial charge in [-0.2, -0.15) is 4.68 Å². The van der Waals surface area contributed by atoms with Crippen molar-refractivity contribution in [2.45, 2.75) is 5.75 Å². The first-order valence-corrected chi connectivity index (χ1v) is 11.0. The van der Waals surface area contributed by atoms with Gasteiger partial charge in [0.15, 0.2) is 0 Å². The summed E-state index contributed by atoms with van der Waals surface area (Å²) in [6.45, 7) is 3.64. The lowest BCUT2D eigenvalue weighted by Crippen LogP contribution is -2.25. The number of sulfonamides is 1. The van der Waals surface area contributed by atoms with Crippen molar-refractivity contribution in [3.05, 3.63) is 71.5 Å². The Morgan fingerprint density at radius 3 is 2.65 bits per heavy atom. The number of nitrogens with zero attached hydrogens (tertiary/aromatic N) is 4. The largest absolute Gasteiger partial charge is 0.496 e. The second-order valence-corrected chi connectivity index (χ2v) is 8.52. The molecule has 1 heterocycles. The number of halogens is 1. The van der Waals surface area contributed by atoms with Gasteiger partial charge in [0.25, 0.3) is 5.91 Å². The van der Waals surface area contributed by atoms with Gasteiger partial charge in [-0.1, -0.05) is 29.8 Å². The number of rotatable bonds is 9. The Morgan fingerprint density at radius 1 is 1.29 bits per heavy atom. The van der Waals surface area contributed by atoms with E-state index in [4.69, 9.17) is 16.3 Å². The third kappa shape index (κ3) is 5.66. The molecule has 162 valence electrons. The summed E-state index contributed by atoms with van der Waals surface area (Å²) in [4.78, 5) is 12.8. The van der Waals surface area contributed by atoms with Gasteiger partial charge in [-0.25, -0.2) is 13.1 Å². The van der Waals surface area contributed by atoms with Crippen molar-refractivity contribution < 1.29 is 17.9 Å². The molecular weight excluding hydrogens is 444 g/mol. The van der Waals surface area contributed by atoms with Gasteiger partial charge in [-0.05, 0) is 34.2 Å². The van der Waals surface area contributed by atoms with Gasteiger partial charge in [-0.3, -0.25) is 4.79 Å². The summed E-state index contributed by atoms with van der Waals surface area (Å²) in [5, 5.41) is 13.9. The summed E-state index contributed by atoms with van der Waals surface area (Å²) >= 11 is 6.29. The van der Waals surface area contributed by atoms with Crippen LogP contribution in [-0.2, 0) is 15.8 Å².